The molecule has 3 rings (SSSR count). The van der Waals surface area contributed by atoms with E-state index in [-0.39, 0.29) is 30.6 Å². The molecular formula is C16H25Cl2FN2. The monoisotopic (exact) mass is 334 g/mol. The molecule has 1 aromatic rings. The molecular weight excluding hydrogens is 310 g/mol. The summed E-state index contributed by atoms with van der Waals surface area (Å²) >= 11 is 0. The molecule has 1 saturated carbocycles. The maximum Gasteiger partial charge on any atom is 0.123 e. The molecule has 21 heavy (non-hydrogen) atoms. The summed E-state index contributed by atoms with van der Waals surface area (Å²) < 4.78 is 13.6. The highest BCUT2D eigenvalue weighted by Gasteiger charge is 2.31. The summed E-state index contributed by atoms with van der Waals surface area (Å²) in [5, 5.41) is 3.41. The third kappa shape index (κ3) is 4.56. The van der Waals surface area contributed by atoms with E-state index in [0.717, 1.165) is 26.2 Å². The molecule has 0 unspecified atom stereocenters. The van der Waals surface area contributed by atoms with Gasteiger partial charge in [-0.2, -0.15) is 0 Å². The number of halogens is 3. The summed E-state index contributed by atoms with van der Waals surface area (Å²) in [5.74, 6) is 0.607. The number of piperazine rings is 1. The summed E-state index contributed by atoms with van der Waals surface area (Å²) in [4.78, 5) is 2.56. The van der Waals surface area contributed by atoms with Gasteiger partial charge in [-0.05, 0) is 36.5 Å². The first-order valence-corrected chi connectivity index (χ1v) is 7.55. The molecule has 0 aromatic heterocycles. The van der Waals surface area contributed by atoms with Gasteiger partial charge in [-0.1, -0.05) is 25.0 Å². The van der Waals surface area contributed by atoms with E-state index in [1.165, 1.54) is 31.2 Å². The molecule has 0 radical (unpaired) electrons. The summed E-state index contributed by atoms with van der Waals surface area (Å²) in [6.07, 6.45) is 5.27. The van der Waals surface area contributed by atoms with Gasteiger partial charge >= 0.3 is 0 Å². The lowest BCUT2D eigenvalue weighted by atomic mass is 9.89. The molecule has 1 aliphatic carbocycles. The SMILES string of the molecule is Cl.Cl.Fc1cccc([C@H](C2CCCC2)N2CCNCC2)c1. The van der Waals surface area contributed by atoms with Crippen LogP contribution in [0.25, 0.3) is 0 Å². The van der Waals surface area contributed by atoms with E-state index in [9.17, 15) is 4.39 Å². The summed E-state index contributed by atoms with van der Waals surface area (Å²) in [5.41, 5.74) is 1.17. The van der Waals surface area contributed by atoms with Crippen LogP contribution in [-0.4, -0.2) is 31.1 Å². The highest BCUT2D eigenvalue weighted by molar-refractivity contribution is 5.85. The molecule has 1 heterocycles. The van der Waals surface area contributed by atoms with Crippen molar-refractivity contribution < 1.29 is 4.39 Å². The number of nitrogens with one attached hydrogen (secondary N) is 1. The van der Waals surface area contributed by atoms with E-state index in [2.05, 4.69) is 16.3 Å². The quantitative estimate of drug-likeness (QED) is 0.904. The molecule has 1 aliphatic heterocycles. The Morgan fingerprint density at radius 3 is 2.38 bits per heavy atom. The van der Waals surface area contributed by atoms with Crippen LogP contribution in [0.2, 0.25) is 0 Å². The lowest BCUT2D eigenvalue weighted by Crippen LogP contribution is -2.46. The van der Waals surface area contributed by atoms with E-state index in [0.29, 0.717) is 12.0 Å². The molecule has 5 heteroatoms. The second kappa shape index (κ2) is 8.94. The lowest BCUT2D eigenvalue weighted by molar-refractivity contribution is 0.125. The van der Waals surface area contributed by atoms with Crippen LogP contribution in [0.1, 0.15) is 37.3 Å². The second-order valence-corrected chi connectivity index (χ2v) is 5.83. The fourth-order valence-electron chi connectivity index (χ4n) is 3.71. The van der Waals surface area contributed by atoms with Crippen molar-refractivity contribution in [1.82, 2.24) is 10.2 Å². The van der Waals surface area contributed by atoms with Crippen molar-refractivity contribution >= 4 is 24.8 Å². The van der Waals surface area contributed by atoms with Gasteiger partial charge in [0.15, 0.2) is 0 Å². The number of benzene rings is 1. The lowest BCUT2D eigenvalue weighted by Gasteiger charge is -2.38. The Morgan fingerprint density at radius 1 is 1.10 bits per heavy atom. The van der Waals surface area contributed by atoms with Gasteiger partial charge in [-0.3, -0.25) is 4.90 Å². The second-order valence-electron chi connectivity index (χ2n) is 5.83. The minimum Gasteiger partial charge on any atom is -0.314 e. The Balaban J connectivity index is 0.00000110. The maximum atomic E-state index is 13.6. The van der Waals surface area contributed by atoms with Crippen molar-refractivity contribution in [2.75, 3.05) is 26.2 Å². The Bertz CT molecular complexity index is 418. The van der Waals surface area contributed by atoms with Crippen LogP contribution in [0.15, 0.2) is 24.3 Å². The summed E-state index contributed by atoms with van der Waals surface area (Å²) in [7, 11) is 0. The van der Waals surface area contributed by atoms with Gasteiger partial charge < -0.3 is 5.32 Å². The predicted octanol–water partition coefficient (Wildman–Crippen LogP) is 3.81. The number of hydrogen-bond donors (Lipinski definition) is 1. The molecule has 0 spiro atoms. The van der Waals surface area contributed by atoms with Crippen LogP contribution in [0, 0.1) is 11.7 Å². The molecule has 1 saturated heterocycles. The Labute approximate surface area is 139 Å². The third-order valence-electron chi connectivity index (χ3n) is 4.58. The van der Waals surface area contributed by atoms with Crippen LogP contribution in [0.4, 0.5) is 4.39 Å². The minimum absolute atomic E-state index is 0. The van der Waals surface area contributed by atoms with Crippen molar-refractivity contribution in [1.29, 1.82) is 0 Å². The van der Waals surface area contributed by atoms with Crippen LogP contribution < -0.4 is 5.32 Å². The Morgan fingerprint density at radius 2 is 1.76 bits per heavy atom. The van der Waals surface area contributed by atoms with Crippen molar-refractivity contribution in [3.8, 4) is 0 Å². The molecule has 1 atom stereocenters. The smallest absolute Gasteiger partial charge is 0.123 e. The molecule has 1 N–H and O–H groups in total. The number of hydrogen-bond acceptors (Lipinski definition) is 2. The Hall–Kier alpha value is -0.350. The van der Waals surface area contributed by atoms with Gasteiger partial charge in [-0.15, -0.1) is 24.8 Å². The predicted molar refractivity (Wildman–Crippen MR) is 90.0 cm³/mol. The maximum absolute atomic E-state index is 13.6. The van der Waals surface area contributed by atoms with Crippen LogP contribution in [0.3, 0.4) is 0 Å². The van der Waals surface area contributed by atoms with Crippen molar-refractivity contribution in [2.45, 2.75) is 31.7 Å². The van der Waals surface area contributed by atoms with E-state index in [4.69, 9.17) is 0 Å². The van der Waals surface area contributed by atoms with Gasteiger partial charge in [-0.25, -0.2) is 4.39 Å². The summed E-state index contributed by atoms with van der Waals surface area (Å²) in [6.45, 7) is 4.27. The average Bonchev–Trinajstić information content (AvgIpc) is 2.94. The molecule has 2 fully saturated rings. The third-order valence-corrected chi connectivity index (χ3v) is 4.58. The van der Waals surface area contributed by atoms with E-state index in [1.807, 2.05) is 6.07 Å². The van der Waals surface area contributed by atoms with Gasteiger partial charge in [0.2, 0.25) is 0 Å². The van der Waals surface area contributed by atoms with Gasteiger partial charge in [0, 0.05) is 32.2 Å². The van der Waals surface area contributed by atoms with Crippen molar-refractivity contribution in [2.24, 2.45) is 5.92 Å². The highest BCUT2D eigenvalue weighted by Crippen LogP contribution is 2.39. The van der Waals surface area contributed by atoms with E-state index >= 15 is 0 Å². The van der Waals surface area contributed by atoms with E-state index in [1.54, 1.807) is 12.1 Å². The fraction of sp³-hybridized carbons (Fsp3) is 0.625. The minimum atomic E-state index is -0.101. The van der Waals surface area contributed by atoms with Crippen molar-refractivity contribution in [3.05, 3.63) is 35.6 Å². The zero-order valence-corrected chi connectivity index (χ0v) is 13.9. The Kier molecular flexibility index (Phi) is 7.96. The normalized spacial score (nSPS) is 21.4. The molecule has 1 aromatic carbocycles. The van der Waals surface area contributed by atoms with Crippen LogP contribution in [0.5, 0.6) is 0 Å². The van der Waals surface area contributed by atoms with Gasteiger partial charge in [0.05, 0.1) is 0 Å². The first kappa shape index (κ1) is 18.7. The zero-order chi connectivity index (χ0) is 13.1. The fourth-order valence-corrected chi connectivity index (χ4v) is 3.71. The molecule has 2 nitrogen and oxygen atoms in total. The van der Waals surface area contributed by atoms with Gasteiger partial charge in [0.25, 0.3) is 0 Å². The largest absolute Gasteiger partial charge is 0.314 e. The molecule has 120 valence electrons. The average molecular weight is 335 g/mol. The standard InChI is InChI=1S/C16H23FN2.2ClH/c17-15-7-3-6-14(12-15)16(13-4-1-2-5-13)19-10-8-18-9-11-19;;/h3,6-7,12-13,16,18H,1-2,4-5,8-11H2;2*1H/t16-;;/m0../s1. The summed E-state index contributed by atoms with van der Waals surface area (Å²) in [6, 6.07) is 7.67. The zero-order valence-electron chi connectivity index (χ0n) is 12.3. The first-order valence-electron chi connectivity index (χ1n) is 7.55. The molecule has 0 bridgehead atoms. The topological polar surface area (TPSA) is 15.3 Å². The van der Waals surface area contributed by atoms with Gasteiger partial charge in [0.1, 0.15) is 5.82 Å². The van der Waals surface area contributed by atoms with E-state index < -0.39 is 0 Å². The molecule has 2 aliphatic rings. The van der Waals surface area contributed by atoms with Crippen LogP contribution in [-0.2, 0) is 0 Å². The van der Waals surface area contributed by atoms with Crippen LogP contribution >= 0.6 is 24.8 Å². The number of rotatable bonds is 3. The number of nitrogens with zero attached hydrogens (tertiary/aromatic N) is 1. The van der Waals surface area contributed by atoms with Crippen molar-refractivity contribution in [3.63, 3.8) is 0 Å². The first-order chi connectivity index (χ1) is 9.34. The molecule has 0 amide bonds. The highest BCUT2D eigenvalue weighted by atomic mass is 35.5.